The van der Waals surface area contributed by atoms with Crippen molar-refractivity contribution in [1.82, 2.24) is 0 Å². The van der Waals surface area contributed by atoms with E-state index < -0.39 is 46.5 Å². The minimum Gasteiger partial charge on any atom is -0.504 e. The fourth-order valence-corrected chi connectivity index (χ4v) is 3.51. The third-order valence-corrected chi connectivity index (χ3v) is 5.35. The highest BCUT2D eigenvalue weighted by Crippen LogP contribution is 2.40. The molecule has 35 heavy (non-hydrogen) atoms. The van der Waals surface area contributed by atoms with E-state index in [4.69, 9.17) is 9.47 Å². The van der Waals surface area contributed by atoms with Crippen LogP contribution in [-0.4, -0.2) is 35.7 Å². The lowest BCUT2D eigenvalue weighted by Gasteiger charge is -2.38. The van der Waals surface area contributed by atoms with E-state index in [1.807, 2.05) is 0 Å². The van der Waals surface area contributed by atoms with Gasteiger partial charge >= 0.3 is 12.2 Å². The summed E-state index contributed by atoms with van der Waals surface area (Å²) < 4.78 is 65.7. The zero-order valence-corrected chi connectivity index (χ0v) is 18.3. The molecule has 7 nitrogen and oxygen atoms in total. The maximum Gasteiger partial charge on any atom is 0.420 e. The molecule has 1 aliphatic heterocycles. The summed E-state index contributed by atoms with van der Waals surface area (Å²) >= 11 is 0. The molecule has 2 aliphatic rings. The molecule has 2 aromatic carbocycles. The molecule has 0 radical (unpaired) electrons. The van der Waals surface area contributed by atoms with E-state index >= 15 is 0 Å². The smallest absolute Gasteiger partial charge is 0.420 e. The predicted molar refractivity (Wildman–Crippen MR) is 119 cm³/mol. The molecule has 0 saturated carbocycles. The summed E-state index contributed by atoms with van der Waals surface area (Å²) in [7, 11) is 0. The quantitative estimate of drug-likeness (QED) is 0.482. The molecule has 1 fully saturated rings. The fourth-order valence-electron chi connectivity index (χ4n) is 3.51. The Hall–Kier alpha value is -3.86. The molecular formula is C24H20F4N2O5. The van der Waals surface area contributed by atoms with Crippen molar-refractivity contribution < 1.29 is 41.7 Å². The van der Waals surface area contributed by atoms with E-state index in [2.05, 4.69) is 10.6 Å². The van der Waals surface area contributed by atoms with Crippen molar-refractivity contribution >= 4 is 28.8 Å². The number of urea groups is 1. The number of halogens is 4. The molecular weight excluding hydrogens is 472 g/mol. The Kier molecular flexibility index (Phi) is 6.28. The molecule has 0 atom stereocenters. The lowest BCUT2D eigenvalue weighted by molar-refractivity contribution is -0.160. The summed E-state index contributed by atoms with van der Waals surface area (Å²) in [5, 5.41) is 14.1. The summed E-state index contributed by atoms with van der Waals surface area (Å²) in [5.41, 5.74) is -1.54. The van der Waals surface area contributed by atoms with Crippen molar-refractivity contribution in [3.05, 3.63) is 71.3 Å². The Morgan fingerprint density at radius 1 is 1.14 bits per heavy atom. The lowest BCUT2D eigenvalue weighted by atomic mass is 9.97. The van der Waals surface area contributed by atoms with Crippen molar-refractivity contribution in [1.29, 1.82) is 0 Å². The molecule has 1 aliphatic carbocycles. The lowest BCUT2D eigenvalue weighted by Crippen LogP contribution is -2.51. The summed E-state index contributed by atoms with van der Waals surface area (Å²) in [5.74, 6) is -2.10. The number of ketones is 1. The SMILES string of the molecule is CC1(Oc2ccc(NC(=O)Nc3ccc(C4=CCC(=O)C(O)=C4)cc3F)cc2C(F)(F)F)COC1. The van der Waals surface area contributed by atoms with Crippen LogP contribution in [0.3, 0.4) is 0 Å². The molecule has 1 heterocycles. The van der Waals surface area contributed by atoms with Gasteiger partial charge in [-0.2, -0.15) is 13.2 Å². The first-order valence-electron chi connectivity index (χ1n) is 10.4. The van der Waals surface area contributed by atoms with Crippen molar-refractivity contribution in [3.8, 4) is 5.75 Å². The molecule has 11 heteroatoms. The molecule has 1 saturated heterocycles. The van der Waals surface area contributed by atoms with Crippen LogP contribution in [0, 0.1) is 5.82 Å². The van der Waals surface area contributed by atoms with Crippen LogP contribution in [0.15, 0.2) is 54.3 Å². The van der Waals surface area contributed by atoms with Crippen molar-refractivity contribution in [2.75, 3.05) is 23.8 Å². The molecule has 0 aromatic heterocycles. The maximum atomic E-state index is 14.6. The Labute approximate surface area is 197 Å². The van der Waals surface area contributed by atoms with Crippen molar-refractivity contribution in [2.45, 2.75) is 25.1 Å². The number of hydrogen-bond acceptors (Lipinski definition) is 5. The van der Waals surface area contributed by atoms with E-state index in [9.17, 15) is 32.3 Å². The Balaban J connectivity index is 1.47. The number of Topliss-reactive ketones (excluding diaryl/α,β-unsaturated/α-hetero) is 1. The normalized spacial score (nSPS) is 17.1. The number of amides is 2. The number of carbonyl (C=O) groups excluding carboxylic acids is 2. The van der Waals surface area contributed by atoms with E-state index in [1.54, 1.807) is 6.92 Å². The number of benzene rings is 2. The number of allylic oxidation sites excluding steroid dienone is 4. The van der Waals surface area contributed by atoms with Gasteiger partial charge in [-0.05, 0) is 54.5 Å². The zero-order chi connectivity index (χ0) is 25.4. The van der Waals surface area contributed by atoms with Crippen LogP contribution < -0.4 is 15.4 Å². The van der Waals surface area contributed by atoms with Gasteiger partial charge < -0.3 is 25.2 Å². The van der Waals surface area contributed by atoms with Gasteiger partial charge in [-0.15, -0.1) is 0 Å². The number of nitrogens with one attached hydrogen (secondary N) is 2. The van der Waals surface area contributed by atoms with Crippen LogP contribution in [-0.2, 0) is 15.7 Å². The van der Waals surface area contributed by atoms with Gasteiger partial charge in [-0.25, -0.2) is 9.18 Å². The van der Waals surface area contributed by atoms with E-state index in [-0.39, 0.29) is 31.0 Å². The van der Waals surface area contributed by atoms with Gasteiger partial charge in [0.15, 0.2) is 11.4 Å². The standard InChI is InChI=1S/C24H20F4N2O5/c1-23(11-34-12-23)35-21-7-4-15(10-16(21)24(26,27)28)29-22(33)30-18-5-2-13(8-17(18)25)14-3-6-19(31)20(32)9-14/h2-5,7-10,32H,6,11-12H2,1H3,(H2,29,30,33). The molecule has 184 valence electrons. The minimum atomic E-state index is -4.74. The summed E-state index contributed by atoms with van der Waals surface area (Å²) in [6.07, 6.45) is -2.03. The minimum absolute atomic E-state index is 0.0293. The molecule has 2 amide bonds. The second kappa shape index (κ2) is 9.06. The maximum absolute atomic E-state index is 14.6. The first-order valence-corrected chi connectivity index (χ1v) is 10.4. The topological polar surface area (TPSA) is 96.9 Å². The highest BCUT2D eigenvalue weighted by molar-refractivity contribution is 6.01. The molecule has 3 N–H and O–H groups in total. The van der Waals surface area contributed by atoms with Gasteiger partial charge in [0.2, 0.25) is 5.78 Å². The van der Waals surface area contributed by atoms with Gasteiger partial charge in [0, 0.05) is 12.1 Å². The number of hydrogen-bond donors (Lipinski definition) is 3. The predicted octanol–water partition coefficient (Wildman–Crippen LogP) is 5.45. The van der Waals surface area contributed by atoms with E-state index in [0.29, 0.717) is 11.1 Å². The van der Waals surface area contributed by atoms with Gasteiger partial charge in [0.1, 0.15) is 11.6 Å². The number of anilines is 2. The Morgan fingerprint density at radius 2 is 1.89 bits per heavy atom. The van der Waals surface area contributed by atoms with Crippen LogP contribution in [0.2, 0.25) is 0 Å². The monoisotopic (exact) mass is 492 g/mol. The third kappa shape index (κ3) is 5.46. The summed E-state index contributed by atoms with van der Waals surface area (Å²) in [6, 6.07) is 5.92. The van der Waals surface area contributed by atoms with Crippen LogP contribution in [0.4, 0.5) is 33.7 Å². The average molecular weight is 492 g/mol. The van der Waals surface area contributed by atoms with Crippen molar-refractivity contribution in [2.24, 2.45) is 0 Å². The van der Waals surface area contributed by atoms with Gasteiger partial charge in [0.05, 0.1) is 24.5 Å². The highest BCUT2D eigenvalue weighted by Gasteiger charge is 2.40. The molecule has 0 spiro atoms. The van der Waals surface area contributed by atoms with E-state index in [0.717, 1.165) is 18.2 Å². The van der Waals surface area contributed by atoms with Gasteiger partial charge in [-0.3, -0.25) is 4.79 Å². The number of carbonyl (C=O) groups is 2. The number of aliphatic hydroxyl groups excluding tert-OH is 1. The summed E-state index contributed by atoms with van der Waals surface area (Å²) in [4.78, 5) is 23.7. The average Bonchev–Trinajstić information content (AvgIpc) is 2.76. The van der Waals surface area contributed by atoms with Crippen LogP contribution in [0.1, 0.15) is 24.5 Å². The second-order valence-electron chi connectivity index (χ2n) is 8.34. The molecule has 4 rings (SSSR count). The first-order chi connectivity index (χ1) is 16.4. The van der Waals surface area contributed by atoms with Crippen LogP contribution in [0.25, 0.3) is 5.57 Å². The largest absolute Gasteiger partial charge is 0.504 e. The number of aliphatic hydroxyl groups is 1. The first kappa shape index (κ1) is 24.3. The van der Waals surface area contributed by atoms with Gasteiger partial charge in [-0.1, -0.05) is 12.1 Å². The Morgan fingerprint density at radius 3 is 2.49 bits per heavy atom. The molecule has 2 aromatic rings. The fraction of sp³-hybridized carbons (Fsp3) is 0.250. The number of ether oxygens (including phenoxy) is 2. The zero-order valence-electron chi connectivity index (χ0n) is 18.3. The van der Waals surface area contributed by atoms with Gasteiger partial charge in [0.25, 0.3) is 0 Å². The number of rotatable bonds is 5. The molecule has 0 bridgehead atoms. The summed E-state index contributed by atoms with van der Waals surface area (Å²) in [6.45, 7) is 1.94. The van der Waals surface area contributed by atoms with Crippen LogP contribution >= 0.6 is 0 Å². The Bertz CT molecular complexity index is 1250. The number of alkyl halides is 3. The second-order valence-corrected chi connectivity index (χ2v) is 8.34. The van der Waals surface area contributed by atoms with Crippen LogP contribution in [0.5, 0.6) is 5.75 Å². The van der Waals surface area contributed by atoms with Crippen molar-refractivity contribution in [3.63, 3.8) is 0 Å². The highest BCUT2D eigenvalue weighted by atomic mass is 19.4. The molecule has 0 unspecified atom stereocenters. The third-order valence-electron chi connectivity index (χ3n) is 5.35. The van der Waals surface area contributed by atoms with E-state index in [1.165, 1.54) is 30.4 Å².